The van der Waals surface area contributed by atoms with Gasteiger partial charge in [0.25, 0.3) is 5.91 Å². The van der Waals surface area contributed by atoms with E-state index < -0.39 is 0 Å². The molecule has 0 radical (unpaired) electrons. The lowest BCUT2D eigenvalue weighted by Crippen LogP contribution is -2.31. The Morgan fingerprint density at radius 3 is 2.77 bits per heavy atom. The van der Waals surface area contributed by atoms with Gasteiger partial charge >= 0.3 is 0 Å². The molecule has 1 heterocycles. The normalized spacial score (nSPS) is 10.7. The summed E-state index contributed by atoms with van der Waals surface area (Å²) in [6.45, 7) is 4.41. The topological polar surface area (TPSA) is 81.9 Å². The van der Waals surface area contributed by atoms with Crippen molar-refractivity contribution in [2.24, 2.45) is 0 Å². The van der Waals surface area contributed by atoms with Gasteiger partial charge in [0.2, 0.25) is 0 Å². The molecule has 22 heavy (non-hydrogen) atoms. The molecule has 0 fully saturated rings. The van der Waals surface area contributed by atoms with E-state index in [1.807, 2.05) is 13.8 Å². The van der Waals surface area contributed by atoms with Crippen molar-refractivity contribution in [3.63, 3.8) is 0 Å². The molecule has 0 spiro atoms. The van der Waals surface area contributed by atoms with E-state index in [4.69, 9.17) is 16.3 Å². The van der Waals surface area contributed by atoms with Crippen LogP contribution >= 0.6 is 11.6 Å². The third kappa shape index (κ3) is 4.70. The summed E-state index contributed by atoms with van der Waals surface area (Å²) in [5, 5.41) is 14.9. The zero-order chi connectivity index (χ0) is 15.9. The molecule has 0 aliphatic rings. The molecule has 1 aromatic carbocycles. The largest absolute Gasteiger partial charge is 0.484 e. The van der Waals surface area contributed by atoms with E-state index in [2.05, 4.69) is 20.8 Å². The number of benzene rings is 1. The summed E-state index contributed by atoms with van der Waals surface area (Å²) in [4.78, 5) is 11.7. The van der Waals surface area contributed by atoms with E-state index in [1.54, 1.807) is 28.9 Å². The Morgan fingerprint density at radius 1 is 1.36 bits per heavy atom. The number of ether oxygens (including phenoxy) is 1. The SMILES string of the molecule is CC(C)n1nnnc1CCNC(=O)COc1ccc(Cl)cc1. The molecule has 0 aliphatic carbocycles. The van der Waals surface area contributed by atoms with Crippen LogP contribution in [0.5, 0.6) is 5.75 Å². The van der Waals surface area contributed by atoms with Crippen LogP contribution in [0.2, 0.25) is 5.02 Å². The van der Waals surface area contributed by atoms with Crippen LogP contribution in [0.3, 0.4) is 0 Å². The summed E-state index contributed by atoms with van der Waals surface area (Å²) < 4.78 is 7.09. The van der Waals surface area contributed by atoms with E-state index in [9.17, 15) is 4.79 Å². The predicted molar refractivity (Wildman–Crippen MR) is 81.9 cm³/mol. The Balaban J connectivity index is 1.71. The fourth-order valence-corrected chi connectivity index (χ4v) is 1.95. The molecule has 0 unspecified atom stereocenters. The average Bonchev–Trinajstić information content (AvgIpc) is 2.95. The minimum absolute atomic E-state index is 0.0449. The van der Waals surface area contributed by atoms with Crippen LogP contribution in [0.25, 0.3) is 0 Å². The molecule has 0 bridgehead atoms. The molecule has 1 amide bonds. The molecular formula is C14H18ClN5O2. The molecular weight excluding hydrogens is 306 g/mol. The molecule has 118 valence electrons. The second-order valence-electron chi connectivity index (χ2n) is 4.98. The van der Waals surface area contributed by atoms with Crippen molar-refractivity contribution in [1.29, 1.82) is 0 Å². The maximum atomic E-state index is 11.7. The summed E-state index contributed by atoms with van der Waals surface area (Å²) >= 11 is 5.77. The number of halogens is 1. The average molecular weight is 324 g/mol. The zero-order valence-corrected chi connectivity index (χ0v) is 13.2. The third-order valence-corrected chi connectivity index (χ3v) is 3.16. The number of nitrogens with zero attached hydrogens (tertiary/aromatic N) is 4. The van der Waals surface area contributed by atoms with Crippen molar-refractivity contribution in [1.82, 2.24) is 25.5 Å². The fraction of sp³-hybridized carbons (Fsp3) is 0.429. The van der Waals surface area contributed by atoms with Gasteiger partial charge in [0.05, 0.1) is 6.04 Å². The highest BCUT2D eigenvalue weighted by molar-refractivity contribution is 6.30. The number of carbonyl (C=O) groups excluding carboxylic acids is 1. The Bertz CT molecular complexity index is 612. The monoisotopic (exact) mass is 323 g/mol. The van der Waals surface area contributed by atoms with Crippen LogP contribution in [0.15, 0.2) is 24.3 Å². The maximum Gasteiger partial charge on any atom is 0.257 e. The van der Waals surface area contributed by atoms with Crippen molar-refractivity contribution in [2.75, 3.05) is 13.2 Å². The van der Waals surface area contributed by atoms with Crippen LogP contribution in [-0.4, -0.2) is 39.3 Å². The second-order valence-corrected chi connectivity index (χ2v) is 5.41. The summed E-state index contributed by atoms with van der Waals surface area (Å²) in [6, 6.07) is 7.04. The lowest BCUT2D eigenvalue weighted by molar-refractivity contribution is -0.123. The molecule has 0 aliphatic heterocycles. The van der Waals surface area contributed by atoms with Gasteiger partial charge in [-0.1, -0.05) is 11.6 Å². The highest BCUT2D eigenvalue weighted by Crippen LogP contribution is 2.15. The van der Waals surface area contributed by atoms with Crippen molar-refractivity contribution in [2.45, 2.75) is 26.3 Å². The van der Waals surface area contributed by atoms with Crippen LogP contribution in [0.1, 0.15) is 25.7 Å². The van der Waals surface area contributed by atoms with Crippen LogP contribution < -0.4 is 10.1 Å². The van der Waals surface area contributed by atoms with Crippen molar-refractivity contribution < 1.29 is 9.53 Å². The van der Waals surface area contributed by atoms with Crippen molar-refractivity contribution in [3.05, 3.63) is 35.1 Å². The molecule has 1 N–H and O–H groups in total. The number of hydrogen-bond acceptors (Lipinski definition) is 5. The van der Waals surface area contributed by atoms with Gasteiger partial charge in [-0.15, -0.1) is 5.10 Å². The van der Waals surface area contributed by atoms with E-state index >= 15 is 0 Å². The van der Waals surface area contributed by atoms with Gasteiger partial charge in [0.15, 0.2) is 12.4 Å². The lowest BCUT2D eigenvalue weighted by atomic mass is 10.3. The smallest absolute Gasteiger partial charge is 0.257 e. The lowest BCUT2D eigenvalue weighted by Gasteiger charge is -2.09. The highest BCUT2D eigenvalue weighted by Gasteiger charge is 2.09. The first-order valence-electron chi connectivity index (χ1n) is 6.98. The van der Waals surface area contributed by atoms with Gasteiger partial charge < -0.3 is 10.1 Å². The van der Waals surface area contributed by atoms with Crippen LogP contribution in [0, 0.1) is 0 Å². The molecule has 0 atom stereocenters. The Labute approximate surface area is 133 Å². The van der Waals surface area contributed by atoms with Gasteiger partial charge in [-0.25, -0.2) is 4.68 Å². The zero-order valence-electron chi connectivity index (χ0n) is 12.5. The maximum absolute atomic E-state index is 11.7. The van der Waals surface area contributed by atoms with Gasteiger partial charge in [-0.05, 0) is 48.5 Å². The molecule has 7 nitrogen and oxygen atoms in total. The summed E-state index contributed by atoms with van der Waals surface area (Å²) in [6.07, 6.45) is 0.567. The van der Waals surface area contributed by atoms with Gasteiger partial charge in [-0.2, -0.15) is 0 Å². The fourth-order valence-electron chi connectivity index (χ4n) is 1.82. The Kier molecular flexibility index (Phi) is 5.71. The molecule has 2 aromatic rings. The minimum Gasteiger partial charge on any atom is -0.484 e. The van der Waals surface area contributed by atoms with Crippen LogP contribution in [0.4, 0.5) is 0 Å². The van der Waals surface area contributed by atoms with Crippen LogP contribution in [-0.2, 0) is 11.2 Å². The quantitative estimate of drug-likeness (QED) is 0.837. The van der Waals surface area contributed by atoms with E-state index in [-0.39, 0.29) is 18.6 Å². The summed E-state index contributed by atoms with van der Waals surface area (Å²) in [7, 11) is 0. The number of rotatable bonds is 7. The van der Waals surface area contributed by atoms with Gasteiger partial charge in [0, 0.05) is 18.0 Å². The first-order valence-corrected chi connectivity index (χ1v) is 7.36. The van der Waals surface area contributed by atoms with Gasteiger partial charge in [-0.3, -0.25) is 4.79 Å². The molecule has 8 heteroatoms. The van der Waals surface area contributed by atoms with Crippen molar-refractivity contribution in [3.8, 4) is 5.75 Å². The number of carbonyl (C=O) groups is 1. The number of amides is 1. The number of hydrogen-bond donors (Lipinski definition) is 1. The predicted octanol–water partition coefficient (Wildman–Crippen LogP) is 1.65. The summed E-state index contributed by atoms with van der Waals surface area (Å²) in [5.74, 6) is 1.15. The molecule has 0 saturated carbocycles. The molecule has 1 aromatic heterocycles. The highest BCUT2D eigenvalue weighted by atomic mass is 35.5. The van der Waals surface area contributed by atoms with Gasteiger partial charge in [0.1, 0.15) is 5.75 Å². The van der Waals surface area contributed by atoms with E-state index in [1.165, 1.54) is 0 Å². The third-order valence-electron chi connectivity index (χ3n) is 2.90. The minimum atomic E-state index is -0.196. The number of aromatic nitrogens is 4. The standard InChI is InChI=1S/C14H18ClN5O2/c1-10(2)20-13(17-18-19-20)7-8-16-14(21)9-22-12-5-3-11(15)4-6-12/h3-6,10H,7-9H2,1-2H3,(H,16,21). The first-order chi connectivity index (χ1) is 10.6. The van der Waals surface area contributed by atoms with E-state index in [0.717, 1.165) is 5.82 Å². The van der Waals surface area contributed by atoms with Crippen molar-refractivity contribution >= 4 is 17.5 Å². The first kappa shape index (κ1) is 16.2. The Morgan fingerprint density at radius 2 is 2.09 bits per heavy atom. The molecule has 2 rings (SSSR count). The summed E-state index contributed by atoms with van der Waals surface area (Å²) in [5.41, 5.74) is 0. The second kappa shape index (κ2) is 7.74. The number of tetrazole rings is 1. The molecule has 0 saturated heterocycles. The number of nitrogens with one attached hydrogen (secondary N) is 1. The Hall–Kier alpha value is -2.15. The van der Waals surface area contributed by atoms with E-state index in [0.29, 0.717) is 23.7 Å².